The van der Waals surface area contributed by atoms with Crippen LogP contribution >= 0.6 is 11.6 Å². The Hall–Kier alpha value is -2.83. The number of amides is 1. The fourth-order valence-electron chi connectivity index (χ4n) is 2.99. The molecule has 1 N–H and O–H groups in total. The van der Waals surface area contributed by atoms with Crippen LogP contribution in [-0.2, 0) is 4.74 Å². The molecule has 7 heteroatoms. The summed E-state index contributed by atoms with van der Waals surface area (Å²) in [5, 5.41) is 4.31. The van der Waals surface area contributed by atoms with Crippen molar-refractivity contribution in [1.29, 1.82) is 0 Å². The Bertz CT molecular complexity index is 1010. The van der Waals surface area contributed by atoms with E-state index in [1.165, 1.54) is 0 Å². The van der Waals surface area contributed by atoms with E-state index < -0.39 is 0 Å². The molecule has 2 aromatic carbocycles. The summed E-state index contributed by atoms with van der Waals surface area (Å²) in [6.45, 7) is 2.81. The minimum atomic E-state index is -0.262. The minimum absolute atomic E-state index is 0.247. The van der Waals surface area contributed by atoms with Crippen LogP contribution in [0.15, 0.2) is 48.7 Å². The van der Waals surface area contributed by atoms with E-state index in [0.717, 1.165) is 10.9 Å². The number of halogens is 1. The van der Waals surface area contributed by atoms with Gasteiger partial charge in [0, 0.05) is 23.7 Å². The summed E-state index contributed by atoms with van der Waals surface area (Å²) < 4.78 is 16.1. The Kier molecular flexibility index (Phi) is 6.90. The Morgan fingerprint density at radius 2 is 1.97 bits per heavy atom. The molecule has 1 aromatic heterocycles. The zero-order valence-electron chi connectivity index (χ0n) is 16.6. The summed E-state index contributed by atoms with van der Waals surface area (Å²) in [4.78, 5) is 17.2. The number of nitrogens with one attached hydrogen (secondary N) is 1. The van der Waals surface area contributed by atoms with Gasteiger partial charge in [0.2, 0.25) is 0 Å². The molecule has 0 aliphatic rings. The molecule has 152 valence electrons. The van der Waals surface area contributed by atoms with E-state index in [0.29, 0.717) is 40.8 Å². The van der Waals surface area contributed by atoms with Gasteiger partial charge in [0.1, 0.15) is 6.61 Å². The second kappa shape index (κ2) is 9.58. The van der Waals surface area contributed by atoms with Crippen LogP contribution in [0.3, 0.4) is 0 Å². The second-order valence-corrected chi connectivity index (χ2v) is 6.91. The van der Waals surface area contributed by atoms with Gasteiger partial charge in [0.05, 0.1) is 30.8 Å². The molecule has 0 aliphatic carbocycles. The number of pyridine rings is 1. The smallest absolute Gasteiger partial charge is 0.254 e. The predicted molar refractivity (Wildman–Crippen MR) is 113 cm³/mol. The molecule has 0 saturated carbocycles. The topological polar surface area (TPSA) is 69.7 Å². The van der Waals surface area contributed by atoms with E-state index in [2.05, 4.69) is 10.3 Å². The van der Waals surface area contributed by atoms with Crippen LogP contribution in [-0.4, -0.2) is 38.3 Å². The second-order valence-electron chi connectivity index (χ2n) is 6.48. The van der Waals surface area contributed by atoms with Gasteiger partial charge in [0.25, 0.3) is 5.91 Å². The van der Waals surface area contributed by atoms with Gasteiger partial charge in [-0.1, -0.05) is 23.7 Å². The Morgan fingerprint density at radius 1 is 1.14 bits per heavy atom. The van der Waals surface area contributed by atoms with Crippen LogP contribution < -0.4 is 14.8 Å². The first-order chi connectivity index (χ1) is 14.0. The highest BCUT2D eigenvalue weighted by atomic mass is 35.5. The van der Waals surface area contributed by atoms with Crippen molar-refractivity contribution in [3.05, 3.63) is 64.8 Å². The first-order valence-electron chi connectivity index (χ1n) is 9.18. The molecule has 0 aliphatic heterocycles. The molecule has 0 bridgehead atoms. The van der Waals surface area contributed by atoms with E-state index in [1.807, 2.05) is 37.3 Å². The Balaban J connectivity index is 1.80. The normalized spacial score (nSPS) is 11.9. The van der Waals surface area contributed by atoms with E-state index in [1.54, 1.807) is 32.5 Å². The number of hydrogen-bond donors (Lipinski definition) is 1. The molecular formula is C22H23ClN2O4. The third-order valence-corrected chi connectivity index (χ3v) is 4.71. The Morgan fingerprint density at radius 3 is 2.72 bits per heavy atom. The van der Waals surface area contributed by atoms with E-state index in [9.17, 15) is 4.79 Å². The monoisotopic (exact) mass is 414 g/mol. The molecule has 1 atom stereocenters. The predicted octanol–water partition coefficient (Wildman–Crippen LogP) is 4.41. The lowest BCUT2D eigenvalue weighted by Gasteiger charge is -2.18. The molecule has 3 rings (SSSR count). The fraction of sp³-hybridized carbons (Fsp3) is 0.273. The van der Waals surface area contributed by atoms with Gasteiger partial charge in [-0.05, 0) is 42.8 Å². The summed E-state index contributed by atoms with van der Waals surface area (Å²) in [6, 6.07) is 12.4. The number of ether oxygens (including phenoxy) is 3. The van der Waals surface area contributed by atoms with Crippen LogP contribution in [0.5, 0.6) is 11.5 Å². The Labute approximate surface area is 174 Å². The maximum absolute atomic E-state index is 12.9. The summed E-state index contributed by atoms with van der Waals surface area (Å²) in [6.07, 6.45) is 1.66. The molecule has 3 aromatic rings. The van der Waals surface area contributed by atoms with Crippen molar-refractivity contribution in [3.63, 3.8) is 0 Å². The number of hydrogen-bond acceptors (Lipinski definition) is 5. The number of rotatable bonds is 8. The molecule has 0 spiro atoms. The van der Waals surface area contributed by atoms with Gasteiger partial charge in [-0.2, -0.15) is 0 Å². The van der Waals surface area contributed by atoms with Crippen LogP contribution in [0.25, 0.3) is 10.9 Å². The number of nitrogens with zero attached hydrogens (tertiary/aromatic N) is 1. The number of aromatic nitrogens is 1. The summed E-state index contributed by atoms with van der Waals surface area (Å²) in [7, 11) is 3.20. The summed E-state index contributed by atoms with van der Waals surface area (Å²) in [5.74, 6) is 0.967. The fourth-order valence-corrected chi connectivity index (χ4v) is 3.22. The zero-order valence-corrected chi connectivity index (χ0v) is 17.3. The number of benzene rings is 2. The molecule has 1 unspecified atom stereocenters. The van der Waals surface area contributed by atoms with Crippen molar-refractivity contribution in [2.75, 3.05) is 27.4 Å². The van der Waals surface area contributed by atoms with E-state index in [-0.39, 0.29) is 11.9 Å². The first-order valence-corrected chi connectivity index (χ1v) is 9.56. The van der Waals surface area contributed by atoms with Gasteiger partial charge in [-0.3, -0.25) is 9.78 Å². The van der Waals surface area contributed by atoms with Crippen molar-refractivity contribution in [2.24, 2.45) is 0 Å². The molecule has 29 heavy (non-hydrogen) atoms. The van der Waals surface area contributed by atoms with E-state index >= 15 is 0 Å². The molecular weight excluding hydrogens is 392 g/mol. The number of methoxy groups -OCH3 is 2. The summed E-state index contributed by atoms with van der Waals surface area (Å²) >= 11 is 6.18. The van der Waals surface area contributed by atoms with Gasteiger partial charge in [-0.25, -0.2) is 0 Å². The lowest BCUT2D eigenvalue weighted by molar-refractivity contribution is 0.0941. The first kappa shape index (κ1) is 20.9. The average Bonchev–Trinajstić information content (AvgIpc) is 2.73. The van der Waals surface area contributed by atoms with Gasteiger partial charge >= 0.3 is 0 Å². The van der Waals surface area contributed by atoms with Gasteiger partial charge in [-0.15, -0.1) is 0 Å². The standard InChI is InChI=1S/C22H23ClN2O4/c1-14(15-6-7-19(20(12-15)28-3)29-10-9-27-2)25-22(26)18-13-17(23)11-16-5-4-8-24-21(16)18/h4-8,11-14H,9-10H2,1-3H3,(H,25,26). The molecule has 1 amide bonds. The molecule has 0 fully saturated rings. The quantitative estimate of drug-likeness (QED) is 0.553. The van der Waals surface area contributed by atoms with Crippen molar-refractivity contribution >= 4 is 28.4 Å². The average molecular weight is 415 g/mol. The van der Waals surface area contributed by atoms with Crippen molar-refractivity contribution < 1.29 is 19.0 Å². The zero-order chi connectivity index (χ0) is 20.8. The number of carbonyl (C=O) groups excluding carboxylic acids is 1. The van der Waals surface area contributed by atoms with Crippen LogP contribution in [0, 0.1) is 0 Å². The molecule has 6 nitrogen and oxygen atoms in total. The highest BCUT2D eigenvalue weighted by molar-refractivity contribution is 6.32. The van der Waals surface area contributed by atoms with E-state index in [4.69, 9.17) is 25.8 Å². The van der Waals surface area contributed by atoms with Crippen LogP contribution in [0.4, 0.5) is 0 Å². The lowest BCUT2D eigenvalue weighted by Crippen LogP contribution is -2.27. The highest BCUT2D eigenvalue weighted by Gasteiger charge is 2.17. The lowest BCUT2D eigenvalue weighted by atomic mass is 10.1. The number of carbonyl (C=O) groups is 1. The van der Waals surface area contributed by atoms with Gasteiger partial charge < -0.3 is 19.5 Å². The SMILES string of the molecule is COCCOc1ccc(C(C)NC(=O)c2cc(Cl)cc3cccnc23)cc1OC. The van der Waals surface area contributed by atoms with Crippen LogP contribution in [0.1, 0.15) is 28.9 Å². The molecule has 0 saturated heterocycles. The maximum atomic E-state index is 12.9. The number of fused-ring (bicyclic) bond motifs is 1. The van der Waals surface area contributed by atoms with Gasteiger partial charge in [0.15, 0.2) is 11.5 Å². The van der Waals surface area contributed by atoms with Crippen molar-refractivity contribution in [3.8, 4) is 11.5 Å². The maximum Gasteiger partial charge on any atom is 0.254 e. The minimum Gasteiger partial charge on any atom is -0.493 e. The van der Waals surface area contributed by atoms with Crippen molar-refractivity contribution in [1.82, 2.24) is 10.3 Å². The molecule has 1 heterocycles. The third kappa shape index (κ3) is 4.96. The third-order valence-electron chi connectivity index (χ3n) is 4.49. The van der Waals surface area contributed by atoms with Crippen molar-refractivity contribution in [2.45, 2.75) is 13.0 Å². The summed E-state index contributed by atoms with van der Waals surface area (Å²) in [5.41, 5.74) is 1.93. The highest BCUT2D eigenvalue weighted by Crippen LogP contribution is 2.30. The van der Waals surface area contributed by atoms with Crippen LogP contribution in [0.2, 0.25) is 5.02 Å². The largest absolute Gasteiger partial charge is 0.493 e. The molecule has 0 radical (unpaired) electrons.